The van der Waals surface area contributed by atoms with E-state index in [1.165, 1.54) is 48.6 Å². The summed E-state index contributed by atoms with van der Waals surface area (Å²) < 4.78 is 0. The maximum atomic E-state index is 6.22. The molecule has 1 saturated heterocycles. The molecule has 1 unspecified atom stereocenters. The normalized spacial score (nSPS) is 26.0. The van der Waals surface area contributed by atoms with E-state index < -0.39 is 0 Å². The van der Waals surface area contributed by atoms with E-state index in [1.807, 2.05) is 0 Å². The van der Waals surface area contributed by atoms with Crippen LogP contribution in [0.5, 0.6) is 0 Å². The highest BCUT2D eigenvalue weighted by Crippen LogP contribution is 2.40. The van der Waals surface area contributed by atoms with Crippen LogP contribution in [-0.2, 0) is 6.42 Å². The molecule has 104 valence electrons. The van der Waals surface area contributed by atoms with E-state index in [0.717, 1.165) is 12.5 Å². The fourth-order valence-corrected chi connectivity index (χ4v) is 4.83. The molecule has 3 rings (SSSR count). The number of para-hydroxylation sites is 1. The summed E-state index contributed by atoms with van der Waals surface area (Å²) in [7, 11) is 0. The number of hydrogen-bond donors (Lipinski definition) is 1. The second-order valence-electron chi connectivity index (χ2n) is 6.09. The maximum absolute atomic E-state index is 6.22. The summed E-state index contributed by atoms with van der Waals surface area (Å²) in [4.78, 5) is 2.65. The van der Waals surface area contributed by atoms with Crippen molar-refractivity contribution in [2.75, 3.05) is 29.5 Å². The van der Waals surface area contributed by atoms with Crippen LogP contribution in [0.15, 0.2) is 24.3 Å². The van der Waals surface area contributed by atoms with Gasteiger partial charge in [-0.15, -0.1) is 0 Å². The Morgan fingerprint density at radius 2 is 2.05 bits per heavy atom. The summed E-state index contributed by atoms with van der Waals surface area (Å²) in [6, 6.07) is 8.92. The Bertz CT molecular complexity index is 440. The van der Waals surface area contributed by atoms with Crippen LogP contribution < -0.4 is 10.6 Å². The third-order valence-electron chi connectivity index (χ3n) is 4.72. The highest BCUT2D eigenvalue weighted by molar-refractivity contribution is 7.99. The highest BCUT2D eigenvalue weighted by atomic mass is 32.2. The van der Waals surface area contributed by atoms with Gasteiger partial charge in [-0.2, -0.15) is 11.8 Å². The lowest BCUT2D eigenvalue weighted by Gasteiger charge is -2.50. The van der Waals surface area contributed by atoms with Gasteiger partial charge >= 0.3 is 0 Å². The monoisotopic (exact) mass is 276 g/mol. The number of fused-ring (bicyclic) bond motifs is 1. The van der Waals surface area contributed by atoms with Gasteiger partial charge in [0.05, 0.1) is 5.54 Å². The van der Waals surface area contributed by atoms with Gasteiger partial charge < -0.3 is 10.6 Å². The first-order valence-corrected chi connectivity index (χ1v) is 8.54. The molecule has 3 heteroatoms. The van der Waals surface area contributed by atoms with Crippen LogP contribution in [0.2, 0.25) is 0 Å². The summed E-state index contributed by atoms with van der Waals surface area (Å²) in [5.74, 6) is 3.24. The zero-order chi connectivity index (χ0) is 13.3. The Labute approximate surface area is 120 Å². The summed E-state index contributed by atoms with van der Waals surface area (Å²) in [5.41, 5.74) is 9.37. The van der Waals surface area contributed by atoms with Crippen LogP contribution in [0.25, 0.3) is 0 Å². The molecule has 2 nitrogen and oxygen atoms in total. The molecule has 0 amide bonds. The fourth-order valence-electron chi connectivity index (χ4n) is 3.58. The molecule has 0 saturated carbocycles. The van der Waals surface area contributed by atoms with E-state index in [4.69, 9.17) is 5.73 Å². The molecule has 0 aliphatic carbocycles. The minimum Gasteiger partial charge on any atom is -0.364 e. The number of hydrogen-bond acceptors (Lipinski definition) is 3. The number of thioether (sulfide) groups is 1. The second kappa shape index (κ2) is 5.37. The molecule has 0 bridgehead atoms. The summed E-state index contributed by atoms with van der Waals surface area (Å²) in [6.07, 6.45) is 3.67. The van der Waals surface area contributed by atoms with Gasteiger partial charge in [0.2, 0.25) is 0 Å². The molecule has 2 aliphatic heterocycles. The minimum atomic E-state index is 0.204. The van der Waals surface area contributed by atoms with E-state index in [-0.39, 0.29) is 5.54 Å². The molecule has 1 atom stereocenters. The first-order chi connectivity index (χ1) is 9.25. The smallest absolute Gasteiger partial charge is 0.0540 e. The third-order valence-corrected chi connectivity index (χ3v) is 5.71. The van der Waals surface area contributed by atoms with Crippen LogP contribution >= 0.6 is 11.8 Å². The number of nitrogens with zero attached hydrogens (tertiary/aromatic N) is 1. The predicted octanol–water partition coefficient (Wildman–Crippen LogP) is 2.91. The Morgan fingerprint density at radius 3 is 2.79 bits per heavy atom. The molecule has 0 spiro atoms. The van der Waals surface area contributed by atoms with Gasteiger partial charge in [-0.25, -0.2) is 0 Å². The molecule has 1 fully saturated rings. The number of nitrogens with two attached hydrogens (primary N) is 1. The average Bonchev–Trinajstić information content (AvgIpc) is 2.47. The standard InChI is InChI=1S/C16H24N2S/c1-13-10-14-4-2-3-5-15(14)18(11-13)16(12-17)6-8-19-9-7-16/h2-5,13H,6-12,17H2,1H3. The van der Waals surface area contributed by atoms with Gasteiger partial charge in [-0.3, -0.25) is 0 Å². The van der Waals surface area contributed by atoms with E-state index in [9.17, 15) is 0 Å². The molecule has 2 N–H and O–H groups in total. The zero-order valence-corrected chi connectivity index (χ0v) is 12.6. The molecule has 19 heavy (non-hydrogen) atoms. The van der Waals surface area contributed by atoms with Crippen molar-refractivity contribution in [3.8, 4) is 0 Å². The molecule has 2 heterocycles. The predicted molar refractivity (Wildman–Crippen MR) is 85.0 cm³/mol. The van der Waals surface area contributed by atoms with Crippen molar-refractivity contribution < 1.29 is 0 Å². The van der Waals surface area contributed by atoms with Gasteiger partial charge in [-0.05, 0) is 48.3 Å². The molecule has 1 aromatic carbocycles. The Morgan fingerprint density at radius 1 is 1.32 bits per heavy atom. The van der Waals surface area contributed by atoms with Crippen molar-refractivity contribution in [2.45, 2.75) is 31.7 Å². The maximum Gasteiger partial charge on any atom is 0.0540 e. The van der Waals surface area contributed by atoms with E-state index >= 15 is 0 Å². The van der Waals surface area contributed by atoms with E-state index in [0.29, 0.717) is 0 Å². The SMILES string of the molecule is CC1Cc2ccccc2N(C2(CN)CCSCC2)C1. The van der Waals surface area contributed by atoms with Crippen molar-refractivity contribution in [1.82, 2.24) is 0 Å². The van der Waals surface area contributed by atoms with Crippen molar-refractivity contribution in [1.29, 1.82) is 0 Å². The lowest BCUT2D eigenvalue weighted by atomic mass is 9.84. The number of benzene rings is 1. The van der Waals surface area contributed by atoms with E-state index in [2.05, 4.69) is 47.9 Å². The molecule has 2 aliphatic rings. The Hall–Kier alpha value is -0.670. The fraction of sp³-hybridized carbons (Fsp3) is 0.625. The van der Waals surface area contributed by atoms with Crippen molar-refractivity contribution >= 4 is 17.4 Å². The Balaban J connectivity index is 1.99. The Kier molecular flexibility index (Phi) is 3.77. The van der Waals surface area contributed by atoms with Crippen LogP contribution in [0.1, 0.15) is 25.3 Å². The summed E-state index contributed by atoms with van der Waals surface area (Å²) >= 11 is 2.08. The van der Waals surface area contributed by atoms with Gasteiger partial charge in [0.25, 0.3) is 0 Å². The molecule has 0 radical (unpaired) electrons. The number of anilines is 1. The van der Waals surface area contributed by atoms with Gasteiger partial charge in [0, 0.05) is 18.8 Å². The molecule has 0 aromatic heterocycles. The average molecular weight is 276 g/mol. The highest BCUT2D eigenvalue weighted by Gasteiger charge is 2.40. The van der Waals surface area contributed by atoms with Crippen molar-refractivity contribution in [3.63, 3.8) is 0 Å². The van der Waals surface area contributed by atoms with Crippen molar-refractivity contribution in [2.24, 2.45) is 11.7 Å². The van der Waals surface area contributed by atoms with Crippen LogP contribution in [0.4, 0.5) is 5.69 Å². The molecule has 1 aromatic rings. The van der Waals surface area contributed by atoms with Gasteiger partial charge in [-0.1, -0.05) is 25.1 Å². The van der Waals surface area contributed by atoms with Crippen LogP contribution in [-0.4, -0.2) is 30.1 Å². The lowest BCUT2D eigenvalue weighted by Crippen LogP contribution is -2.58. The largest absolute Gasteiger partial charge is 0.364 e. The first kappa shape index (κ1) is 13.3. The third kappa shape index (κ3) is 2.38. The molecular formula is C16H24N2S. The summed E-state index contributed by atoms with van der Waals surface area (Å²) in [6.45, 7) is 4.32. The molecular weight excluding hydrogens is 252 g/mol. The first-order valence-electron chi connectivity index (χ1n) is 7.38. The van der Waals surface area contributed by atoms with Crippen molar-refractivity contribution in [3.05, 3.63) is 29.8 Å². The van der Waals surface area contributed by atoms with Gasteiger partial charge in [0.15, 0.2) is 0 Å². The van der Waals surface area contributed by atoms with Crippen LogP contribution in [0.3, 0.4) is 0 Å². The lowest BCUT2D eigenvalue weighted by molar-refractivity contribution is 0.336. The summed E-state index contributed by atoms with van der Waals surface area (Å²) in [5, 5.41) is 0. The quantitative estimate of drug-likeness (QED) is 0.900. The second-order valence-corrected chi connectivity index (χ2v) is 7.31. The minimum absolute atomic E-state index is 0.204. The number of rotatable bonds is 2. The van der Waals surface area contributed by atoms with Crippen LogP contribution in [0, 0.1) is 5.92 Å². The zero-order valence-electron chi connectivity index (χ0n) is 11.8. The topological polar surface area (TPSA) is 29.3 Å². The van der Waals surface area contributed by atoms with E-state index in [1.54, 1.807) is 0 Å². The van der Waals surface area contributed by atoms with Gasteiger partial charge in [0.1, 0.15) is 0 Å².